The summed E-state index contributed by atoms with van der Waals surface area (Å²) in [6, 6.07) is 17.2. The highest BCUT2D eigenvalue weighted by Crippen LogP contribution is 2.24. The molecule has 0 saturated carbocycles. The van der Waals surface area contributed by atoms with Crippen LogP contribution in [0.3, 0.4) is 0 Å². The molecule has 1 aromatic heterocycles. The average Bonchev–Trinajstić information content (AvgIpc) is 3.21. The van der Waals surface area contributed by atoms with E-state index in [0.717, 1.165) is 48.7 Å². The SMILES string of the molecule is CCCCN(CCCC)C(=O)C(=Cc1cn(CC)c2ccccc12)NC(=O)c1ccccc1. The van der Waals surface area contributed by atoms with Crippen LogP contribution >= 0.6 is 0 Å². The number of benzene rings is 2. The normalized spacial score (nSPS) is 11.5. The van der Waals surface area contributed by atoms with Crippen molar-refractivity contribution < 1.29 is 9.59 Å². The Balaban J connectivity index is 2.02. The van der Waals surface area contributed by atoms with Crippen LogP contribution in [0.2, 0.25) is 0 Å². The number of rotatable bonds is 11. The molecule has 1 heterocycles. The lowest BCUT2D eigenvalue weighted by Gasteiger charge is -2.24. The van der Waals surface area contributed by atoms with Crippen LogP contribution in [0.15, 0.2) is 66.5 Å². The number of nitrogens with one attached hydrogen (secondary N) is 1. The Labute approximate surface area is 197 Å². The molecule has 2 aromatic carbocycles. The van der Waals surface area contributed by atoms with Crippen molar-refractivity contribution in [3.05, 3.63) is 77.6 Å². The molecular weight excluding hydrogens is 410 g/mol. The van der Waals surface area contributed by atoms with Crippen molar-refractivity contribution in [2.24, 2.45) is 0 Å². The lowest BCUT2D eigenvalue weighted by molar-refractivity contribution is -0.127. The van der Waals surface area contributed by atoms with Crippen molar-refractivity contribution in [1.29, 1.82) is 0 Å². The standard InChI is InChI=1S/C28H35N3O2/c1-4-7-18-31(19-8-5-2)28(33)25(29-27(32)22-14-10-9-11-15-22)20-23-21-30(6-3)26-17-13-12-16-24(23)26/h9-17,20-21H,4-8,18-19H2,1-3H3,(H,29,32). The molecule has 3 rings (SSSR count). The van der Waals surface area contributed by atoms with Crippen LogP contribution in [0.5, 0.6) is 0 Å². The number of carbonyl (C=O) groups is 2. The Morgan fingerprint density at radius 1 is 0.909 bits per heavy atom. The first kappa shape index (κ1) is 24.3. The Morgan fingerprint density at radius 3 is 2.18 bits per heavy atom. The van der Waals surface area contributed by atoms with Crippen molar-refractivity contribution in [2.45, 2.75) is 53.0 Å². The van der Waals surface area contributed by atoms with Crippen molar-refractivity contribution >= 4 is 28.8 Å². The molecule has 5 nitrogen and oxygen atoms in total. The van der Waals surface area contributed by atoms with Gasteiger partial charge in [0.25, 0.3) is 11.8 Å². The van der Waals surface area contributed by atoms with Crippen molar-refractivity contribution in [3.8, 4) is 0 Å². The van der Waals surface area contributed by atoms with Gasteiger partial charge in [0.05, 0.1) is 0 Å². The maximum Gasteiger partial charge on any atom is 0.270 e. The van der Waals surface area contributed by atoms with Gasteiger partial charge in [0.2, 0.25) is 0 Å². The maximum atomic E-state index is 13.7. The Hall–Kier alpha value is -3.34. The third kappa shape index (κ3) is 6.13. The quantitative estimate of drug-likeness (QED) is 0.376. The second-order valence-electron chi connectivity index (χ2n) is 8.27. The highest BCUT2D eigenvalue weighted by molar-refractivity contribution is 6.06. The van der Waals surface area contributed by atoms with Crippen LogP contribution in [-0.4, -0.2) is 34.4 Å². The third-order valence-corrected chi connectivity index (χ3v) is 5.82. The number of nitrogens with zero attached hydrogens (tertiary/aromatic N) is 2. The topological polar surface area (TPSA) is 54.3 Å². The van der Waals surface area contributed by atoms with E-state index in [0.29, 0.717) is 24.4 Å². The molecule has 0 saturated heterocycles. The molecule has 0 aliphatic heterocycles. The fourth-order valence-corrected chi connectivity index (χ4v) is 3.93. The summed E-state index contributed by atoms with van der Waals surface area (Å²) in [7, 11) is 0. The number of unbranched alkanes of at least 4 members (excludes halogenated alkanes) is 2. The monoisotopic (exact) mass is 445 g/mol. The van der Waals surface area contributed by atoms with E-state index < -0.39 is 0 Å². The van der Waals surface area contributed by atoms with E-state index in [2.05, 4.69) is 49.0 Å². The number of hydrogen-bond donors (Lipinski definition) is 1. The van der Waals surface area contributed by atoms with Gasteiger partial charge in [0.15, 0.2) is 0 Å². The number of carbonyl (C=O) groups excluding carboxylic acids is 2. The highest BCUT2D eigenvalue weighted by Gasteiger charge is 2.21. The fourth-order valence-electron chi connectivity index (χ4n) is 3.93. The van der Waals surface area contributed by atoms with Crippen LogP contribution in [0.4, 0.5) is 0 Å². The van der Waals surface area contributed by atoms with E-state index in [1.165, 1.54) is 0 Å². The Kier molecular flexibility index (Phi) is 8.87. The predicted molar refractivity (Wildman–Crippen MR) is 136 cm³/mol. The first-order valence-corrected chi connectivity index (χ1v) is 12.0. The molecule has 0 radical (unpaired) electrons. The zero-order valence-electron chi connectivity index (χ0n) is 20.0. The van der Waals surface area contributed by atoms with Gasteiger partial charge < -0.3 is 14.8 Å². The molecule has 0 aliphatic rings. The molecular formula is C28H35N3O2. The van der Waals surface area contributed by atoms with Gasteiger partial charge in [-0.05, 0) is 44.0 Å². The van der Waals surface area contributed by atoms with E-state index in [4.69, 9.17) is 0 Å². The first-order chi connectivity index (χ1) is 16.1. The smallest absolute Gasteiger partial charge is 0.270 e. The summed E-state index contributed by atoms with van der Waals surface area (Å²) < 4.78 is 2.16. The molecule has 1 N–H and O–H groups in total. The largest absolute Gasteiger partial charge is 0.347 e. The Bertz CT molecular complexity index is 1090. The van der Waals surface area contributed by atoms with Gasteiger partial charge in [-0.2, -0.15) is 0 Å². The number of fused-ring (bicyclic) bond motifs is 1. The first-order valence-electron chi connectivity index (χ1n) is 12.0. The Morgan fingerprint density at radius 2 is 1.55 bits per heavy atom. The second kappa shape index (κ2) is 12.0. The predicted octanol–water partition coefficient (Wildman–Crippen LogP) is 5.86. The van der Waals surface area contributed by atoms with Crippen LogP contribution in [-0.2, 0) is 11.3 Å². The molecule has 5 heteroatoms. The molecule has 2 amide bonds. The summed E-state index contributed by atoms with van der Waals surface area (Å²) in [5.41, 5.74) is 2.88. The zero-order valence-corrected chi connectivity index (χ0v) is 20.0. The number of aryl methyl sites for hydroxylation is 1. The maximum absolute atomic E-state index is 13.7. The van der Waals surface area contributed by atoms with Gasteiger partial charge in [-0.3, -0.25) is 9.59 Å². The number of aromatic nitrogens is 1. The molecule has 0 spiro atoms. The minimum absolute atomic E-state index is 0.130. The van der Waals surface area contributed by atoms with Gasteiger partial charge in [-0.15, -0.1) is 0 Å². The fraction of sp³-hybridized carbons (Fsp3) is 0.357. The van der Waals surface area contributed by atoms with Gasteiger partial charge in [-0.1, -0.05) is 63.1 Å². The van der Waals surface area contributed by atoms with Crippen LogP contribution in [0.1, 0.15) is 62.4 Å². The minimum atomic E-state index is -0.277. The molecule has 174 valence electrons. The average molecular weight is 446 g/mol. The number of hydrogen-bond acceptors (Lipinski definition) is 2. The minimum Gasteiger partial charge on any atom is -0.347 e. The summed E-state index contributed by atoms with van der Waals surface area (Å²) in [5, 5.41) is 3.99. The van der Waals surface area contributed by atoms with Crippen molar-refractivity contribution in [3.63, 3.8) is 0 Å². The van der Waals surface area contributed by atoms with Gasteiger partial charge in [-0.25, -0.2) is 0 Å². The summed E-state index contributed by atoms with van der Waals surface area (Å²) in [6.07, 6.45) is 7.78. The summed E-state index contributed by atoms with van der Waals surface area (Å²) in [6.45, 7) is 8.54. The van der Waals surface area contributed by atoms with Crippen LogP contribution in [0, 0.1) is 0 Å². The van der Waals surface area contributed by atoms with Crippen LogP contribution < -0.4 is 5.32 Å². The molecule has 3 aromatic rings. The third-order valence-electron chi connectivity index (χ3n) is 5.82. The molecule has 0 aliphatic carbocycles. The lowest BCUT2D eigenvalue weighted by Crippen LogP contribution is -2.39. The number of para-hydroxylation sites is 1. The molecule has 0 fully saturated rings. The van der Waals surface area contributed by atoms with E-state index in [1.54, 1.807) is 12.1 Å². The molecule has 0 atom stereocenters. The molecule has 0 unspecified atom stereocenters. The molecule has 0 bridgehead atoms. The van der Waals surface area contributed by atoms with Gasteiger partial charge in [0.1, 0.15) is 5.70 Å². The summed E-state index contributed by atoms with van der Waals surface area (Å²) in [5.74, 6) is -0.408. The number of amides is 2. The lowest BCUT2D eigenvalue weighted by atomic mass is 10.1. The summed E-state index contributed by atoms with van der Waals surface area (Å²) in [4.78, 5) is 28.6. The zero-order chi connectivity index (χ0) is 23.6. The van der Waals surface area contributed by atoms with E-state index >= 15 is 0 Å². The van der Waals surface area contributed by atoms with Gasteiger partial charge >= 0.3 is 0 Å². The molecule has 33 heavy (non-hydrogen) atoms. The van der Waals surface area contributed by atoms with Crippen molar-refractivity contribution in [2.75, 3.05) is 13.1 Å². The van der Waals surface area contributed by atoms with Crippen molar-refractivity contribution in [1.82, 2.24) is 14.8 Å². The van der Waals surface area contributed by atoms with Gasteiger partial charge in [0, 0.05) is 47.9 Å². The second-order valence-corrected chi connectivity index (χ2v) is 8.27. The highest BCUT2D eigenvalue weighted by atomic mass is 16.2. The van der Waals surface area contributed by atoms with E-state index in [1.807, 2.05) is 41.3 Å². The van der Waals surface area contributed by atoms with Crippen LogP contribution in [0.25, 0.3) is 17.0 Å². The summed E-state index contributed by atoms with van der Waals surface area (Å²) >= 11 is 0. The van der Waals surface area contributed by atoms with E-state index in [-0.39, 0.29) is 11.8 Å². The van der Waals surface area contributed by atoms with E-state index in [9.17, 15) is 9.59 Å².